The fourth-order valence-electron chi connectivity index (χ4n) is 2.85. The van der Waals surface area contributed by atoms with Crippen LogP contribution in [0.15, 0.2) is 28.7 Å². The Morgan fingerprint density at radius 2 is 1.80 bits per heavy atom. The number of halogens is 1. The van der Waals surface area contributed by atoms with Gasteiger partial charge in [0, 0.05) is 30.5 Å². The number of amides is 1. The molecule has 0 aromatic heterocycles. The minimum absolute atomic E-state index is 0.207. The SMILES string of the molecule is CC(c1ccc(Br)cc1)N1CCC(C(=O)N(C)C)CC1. The molecule has 0 aliphatic carbocycles. The van der Waals surface area contributed by atoms with Gasteiger partial charge in [0.2, 0.25) is 5.91 Å². The Morgan fingerprint density at radius 1 is 1.25 bits per heavy atom. The lowest BCUT2D eigenvalue weighted by Gasteiger charge is -2.36. The maximum absolute atomic E-state index is 12.0. The first kappa shape index (κ1) is 15.5. The Hall–Kier alpha value is -0.870. The van der Waals surface area contributed by atoms with Gasteiger partial charge in [-0.15, -0.1) is 0 Å². The monoisotopic (exact) mass is 338 g/mol. The lowest BCUT2D eigenvalue weighted by molar-refractivity contribution is -0.134. The summed E-state index contributed by atoms with van der Waals surface area (Å²) in [6.45, 7) is 4.25. The third-order valence-corrected chi connectivity index (χ3v) is 4.75. The van der Waals surface area contributed by atoms with Gasteiger partial charge >= 0.3 is 0 Å². The van der Waals surface area contributed by atoms with Crippen molar-refractivity contribution in [2.75, 3.05) is 27.2 Å². The number of hydrogen-bond acceptors (Lipinski definition) is 2. The Morgan fingerprint density at radius 3 is 2.30 bits per heavy atom. The quantitative estimate of drug-likeness (QED) is 0.844. The molecule has 0 saturated carbocycles. The van der Waals surface area contributed by atoms with Crippen LogP contribution in [0, 0.1) is 5.92 Å². The average Bonchev–Trinajstić information content (AvgIpc) is 2.46. The summed E-state index contributed by atoms with van der Waals surface area (Å²) in [7, 11) is 3.69. The molecule has 1 fully saturated rings. The number of benzene rings is 1. The standard InChI is InChI=1S/C16H23BrN2O/c1-12(13-4-6-15(17)7-5-13)19-10-8-14(9-11-19)16(20)18(2)3/h4-7,12,14H,8-11H2,1-3H3. The molecule has 0 radical (unpaired) electrons. The number of carbonyl (C=O) groups is 1. The first-order valence-electron chi connectivity index (χ1n) is 7.19. The van der Waals surface area contributed by atoms with Crippen LogP contribution in [0.4, 0.5) is 0 Å². The van der Waals surface area contributed by atoms with Gasteiger partial charge in [0.15, 0.2) is 0 Å². The van der Waals surface area contributed by atoms with E-state index in [1.807, 2.05) is 14.1 Å². The molecule has 1 aromatic rings. The van der Waals surface area contributed by atoms with Crippen molar-refractivity contribution >= 4 is 21.8 Å². The second-order valence-corrected chi connectivity index (χ2v) is 6.69. The predicted octanol–water partition coefficient (Wildman–Crippen LogP) is 3.31. The van der Waals surface area contributed by atoms with E-state index in [4.69, 9.17) is 0 Å². The number of piperidine rings is 1. The zero-order chi connectivity index (χ0) is 14.7. The maximum atomic E-state index is 12.0. The average molecular weight is 339 g/mol. The fraction of sp³-hybridized carbons (Fsp3) is 0.562. The molecule has 1 heterocycles. The summed E-state index contributed by atoms with van der Waals surface area (Å²) >= 11 is 3.47. The normalized spacial score (nSPS) is 18.8. The molecule has 1 aliphatic rings. The Balaban J connectivity index is 1.93. The smallest absolute Gasteiger partial charge is 0.225 e. The Labute approximate surface area is 130 Å². The van der Waals surface area contributed by atoms with Crippen LogP contribution >= 0.6 is 15.9 Å². The molecule has 3 nitrogen and oxygen atoms in total. The first-order chi connectivity index (χ1) is 9.49. The minimum atomic E-state index is 0.207. The van der Waals surface area contributed by atoms with Gasteiger partial charge in [-0.25, -0.2) is 0 Å². The lowest BCUT2D eigenvalue weighted by atomic mass is 9.93. The molecule has 4 heteroatoms. The van der Waals surface area contributed by atoms with Gasteiger partial charge in [0.05, 0.1) is 0 Å². The van der Waals surface area contributed by atoms with E-state index in [1.165, 1.54) is 5.56 Å². The summed E-state index contributed by atoms with van der Waals surface area (Å²) < 4.78 is 1.11. The summed E-state index contributed by atoms with van der Waals surface area (Å²) in [5, 5.41) is 0. The zero-order valence-corrected chi connectivity index (χ0v) is 14.1. The van der Waals surface area contributed by atoms with Gasteiger partial charge < -0.3 is 4.90 Å². The summed E-state index contributed by atoms with van der Waals surface area (Å²) in [6.07, 6.45) is 1.94. The van der Waals surface area contributed by atoms with E-state index < -0.39 is 0 Å². The topological polar surface area (TPSA) is 23.6 Å². The van der Waals surface area contributed by atoms with Crippen LogP contribution in [0.1, 0.15) is 31.4 Å². The van der Waals surface area contributed by atoms with Crippen molar-refractivity contribution in [2.45, 2.75) is 25.8 Å². The maximum Gasteiger partial charge on any atom is 0.225 e. The second kappa shape index (κ2) is 6.72. The summed E-state index contributed by atoms with van der Waals surface area (Å²) in [6, 6.07) is 8.94. The van der Waals surface area contributed by atoms with Crippen LogP contribution in [-0.4, -0.2) is 42.9 Å². The summed E-state index contributed by atoms with van der Waals surface area (Å²) in [5.41, 5.74) is 1.34. The highest BCUT2D eigenvalue weighted by atomic mass is 79.9. The third-order valence-electron chi connectivity index (χ3n) is 4.22. The predicted molar refractivity (Wildman–Crippen MR) is 85.5 cm³/mol. The van der Waals surface area contributed by atoms with E-state index in [0.29, 0.717) is 6.04 Å². The number of hydrogen-bond donors (Lipinski definition) is 0. The number of likely N-dealkylation sites (tertiary alicyclic amines) is 1. The molecule has 1 aromatic carbocycles. The number of nitrogens with zero attached hydrogens (tertiary/aromatic N) is 2. The van der Waals surface area contributed by atoms with Crippen molar-refractivity contribution in [3.8, 4) is 0 Å². The molecule has 0 N–H and O–H groups in total. The van der Waals surface area contributed by atoms with E-state index in [1.54, 1.807) is 4.90 Å². The van der Waals surface area contributed by atoms with Gasteiger partial charge in [-0.3, -0.25) is 9.69 Å². The Kier molecular flexibility index (Phi) is 5.22. The van der Waals surface area contributed by atoms with Crippen molar-refractivity contribution in [3.05, 3.63) is 34.3 Å². The van der Waals surface area contributed by atoms with Crippen LogP contribution in [0.5, 0.6) is 0 Å². The summed E-state index contributed by atoms with van der Waals surface area (Å²) in [4.78, 5) is 16.2. The molecule has 20 heavy (non-hydrogen) atoms. The van der Waals surface area contributed by atoms with E-state index >= 15 is 0 Å². The first-order valence-corrected chi connectivity index (χ1v) is 7.99. The molecular weight excluding hydrogens is 316 g/mol. The molecule has 1 aliphatic heterocycles. The molecule has 0 bridgehead atoms. The van der Waals surface area contributed by atoms with E-state index in [0.717, 1.165) is 30.4 Å². The fourth-order valence-corrected chi connectivity index (χ4v) is 3.12. The summed E-state index contributed by atoms with van der Waals surface area (Å²) in [5.74, 6) is 0.485. The highest BCUT2D eigenvalue weighted by Crippen LogP contribution is 2.27. The van der Waals surface area contributed by atoms with Crippen LogP contribution in [0.25, 0.3) is 0 Å². The number of rotatable bonds is 3. The van der Waals surface area contributed by atoms with E-state index in [-0.39, 0.29) is 11.8 Å². The molecule has 1 unspecified atom stereocenters. The van der Waals surface area contributed by atoms with Crippen LogP contribution in [-0.2, 0) is 4.79 Å². The minimum Gasteiger partial charge on any atom is -0.349 e. The Bertz CT molecular complexity index is 450. The van der Waals surface area contributed by atoms with Crippen LogP contribution in [0.3, 0.4) is 0 Å². The van der Waals surface area contributed by atoms with E-state index in [9.17, 15) is 4.79 Å². The van der Waals surface area contributed by atoms with Crippen molar-refractivity contribution in [2.24, 2.45) is 5.92 Å². The van der Waals surface area contributed by atoms with Crippen LogP contribution < -0.4 is 0 Å². The van der Waals surface area contributed by atoms with Crippen molar-refractivity contribution in [1.29, 1.82) is 0 Å². The van der Waals surface area contributed by atoms with Gasteiger partial charge in [-0.05, 0) is 50.6 Å². The largest absolute Gasteiger partial charge is 0.349 e. The van der Waals surface area contributed by atoms with Crippen LogP contribution in [0.2, 0.25) is 0 Å². The van der Waals surface area contributed by atoms with Gasteiger partial charge in [-0.1, -0.05) is 28.1 Å². The molecule has 1 amide bonds. The van der Waals surface area contributed by atoms with Gasteiger partial charge in [0.1, 0.15) is 0 Å². The molecule has 1 saturated heterocycles. The van der Waals surface area contributed by atoms with Crippen molar-refractivity contribution in [3.63, 3.8) is 0 Å². The number of carbonyl (C=O) groups excluding carboxylic acids is 1. The lowest BCUT2D eigenvalue weighted by Crippen LogP contribution is -2.41. The second-order valence-electron chi connectivity index (χ2n) is 5.77. The van der Waals surface area contributed by atoms with E-state index in [2.05, 4.69) is 52.0 Å². The highest BCUT2D eigenvalue weighted by molar-refractivity contribution is 9.10. The molecule has 1 atom stereocenters. The van der Waals surface area contributed by atoms with Gasteiger partial charge in [-0.2, -0.15) is 0 Å². The molecule has 0 spiro atoms. The molecule has 2 rings (SSSR count). The van der Waals surface area contributed by atoms with Crippen molar-refractivity contribution < 1.29 is 4.79 Å². The van der Waals surface area contributed by atoms with Gasteiger partial charge in [0.25, 0.3) is 0 Å². The molecular formula is C16H23BrN2O. The highest BCUT2D eigenvalue weighted by Gasteiger charge is 2.28. The zero-order valence-electron chi connectivity index (χ0n) is 12.5. The molecule has 110 valence electrons. The van der Waals surface area contributed by atoms with Crippen molar-refractivity contribution in [1.82, 2.24) is 9.80 Å². The third kappa shape index (κ3) is 3.61.